The number of carboxylic acid groups (broad SMARTS) is 1. The van der Waals surface area contributed by atoms with Crippen LogP contribution in [0.25, 0.3) is 0 Å². The van der Waals surface area contributed by atoms with Crippen LogP contribution in [0.3, 0.4) is 0 Å². The third-order valence-electron chi connectivity index (χ3n) is 3.12. The first-order valence-electron chi connectivity index (χ1n) is 6.13. The molecule has 0 aliphatic heterocycles. The Labute approximate surface area is 117 Å². The molecule has 0 fully saturated rings. The van der Waals surface area contributed by atoms with Gasteiger partial charge in [0.25, 0.3) is 0 Å². The van der Waals surface area contributed by atoms with Crippen molar-refractivity contribution in [3.8, 4) is 6.07 Å². The van der Waals surface area contributed by atoms with E-state index in [1.54, 1.807) is 31.2 Å². The number of anilines is 2. The zero-order valence-corrected chi connectivity index (χ0v) is 11.3. The minimum absolute atomic E-state index is 0.279. The molecular weight excluding hydrogens is 252 g/mol. The minimum Gasteiger partial charge on any atom is -0.478 e. The Morgan fingerprint density at radius 3 is 2.55 bits per heavy atom. The van der Waals surface area contributed by atoms with E-state index in [9.17, 15) is 4.79 Å². The second kappa shape index (κ2) is 5.45. The summed E-state index contributed by atoms with van der Waals surface area (Å²) in [6.07, 6.45) is 0. The number of aromatic carboxylic acids is 1. The third-order valence-corrected chi connectivity index (χ3v) is 3.12. The number of nitrogens with zero attached hydrogens (tertiary/aromatic N) is 1. The van der Waals surface area contributed by atoms with E-state index in [1.165, 1.54) is 0 Å². The van der Waals surface area contributed by atoms with Crippen molar-refractivity contribution in [2.75, 3.05) is 5.32 Å². The van der Waals surface area contributed by atoms with Crippen LogP contribution in [0.1, 0.15) is 27.0 Å². The van der Waals surface area contributed by atoms with E-state index in [1.807, 2.05) is 19.1 Å². The normalized spacial score (nSPS) is 9.85. The number of rotatable bonds is 3. The molecule has 0 radical (unpaired) electrons. The van der Waals surface area contributed by atoms with E-state index in [0.29, 0.717) is 11.1 Å². The van der Waals surface area contributed by atoms with E-state index in [0.717, 1.165) is 16.9 Å². The Kier molecular flexibility index (Phi) is 3.72. The smallest absolute Gasteiger partial charge is 0.335 e. The van der Waals surface area contributed by atoms with Gasteiger partial charge in [0.1, 0.15) is 6.07 Å². The molecule has 4 heteroatoms. The minimum atomic E-state index is -0.942. The standard InChI is InChI=1S/C16H14N2O2/c1-10-4-3-5-12(9-17)15(10)18-13-6-7-14(16(19)20)11(2)8-13/h3-8,18H,1-2H3,(H,19,20). The van der Waals surface area contributed by atoms with Gasteiger partial charge in [-0.15, -0.1) is 0 Å². The molecule has 2 aromatic rings. The Hall–Kier alpha value is -2.80. The Balaban J connectivity index is 2.39. The molecule has 0 unspecified atom stereocenters. The van der Waals surface area contributed by atoms with Gasteiger partial charge in [0.2, 0.25) is 0 Å². The number of hydrogen-bond acceptors (Lipinski definition) is 3. The first kappa shape index (κ1) is 13.6. The number of carbonyl (C=O) groups is 1. The van der Waals surface area contributed by atoms with Crippen molar-refractivity contribution in [2.24, 2.45) is 0 Å². The van der Waals surface area contributed by atoms with Crippen LogP contribution in [0.4, 0.5) is 11.4 Å². The lowest BCUT2D eigenvalue weighted by molar-refractivity contribution is 0.0696. The summed E-state index contributed by atoms with van der Waals surface area (Å²) in [6.45, 7) is 3.67. The summed E-state index contributed by atoms with van der Waals surface area (Å²) in [6, 6.07) is 12.7. The number of nitriles is 1. The van der Waals surface area contributed by atoms with Gasteiger partial charge in [-0.2, -0.15) is 5.26 Å². The first-order chi connectivity index (χ1) is 9.52. The Morgan fingerprint density at radius 1 is 1.20 bits per heavy atom. The molecular formula is C16H14N2O2. The molecule has 100 valence electrons. The van der Waals surface area contributed by atoms with E-state index in [2.05, 4.69) is 11.4 Å². The second-order valence-electron chi connectivity index (χ2n) is 4.57. The van der Waals surface area contributed by atoms with Crippen molar-refractivity contribution >= 4 is 17.3 Å². The molecule has 0 aliphatic rings. The number of benzene rings is 2. The molecule has 0 bridgehead atoms. The van der Waals surface area contributed by atoms with E-state index < -0.39 is 5.97 Å². The second-order valence-corrected chi connectivity index (χ2v) is 4.57. The van der Waals surface area contributed by atoms with Gasteiger partial charge in [0, 0.05) is 5.69 Å². The summed E-state index contributed by atoms with van der Waals surface area (Å²) < 4.78 is 0. The first-order valence-corrected chi connectivity index (χ1v) is 6.13. The number of aryl methyl sites for hydroxylation is 2. The topological polar surface area (TPSA) is 73.1 Å². The summed E-state index contributed by atoms with van der Waals surface area (Å²) in [7, 11) is 0. The van der Waals surface area contributed by atoms with Crippen LogP contribution in [-0.4, -0.2) is 11.1 Å². The van der Waals surface area contributed by atoms with Crippen molar-refractivity contribution in [1.29, 1.82) is 5.26 Å². The lowest BCUT2D eigenvalue weighted by atomic mass is 10.1. The third kappa shape index (κ3) is 2.62. The molecule has 0 spiro atoms. The number of hydrogen-bond donors (Lipinski definition) is 2. The molecule has 0 aliphatic carbocycles. The lowest BCUT2D eigenvalue weighted by Crippen LogP contribution is -2.01. The fourth-order valence-corrected chi connectivity index (χ4v) is 2.05. The predicted molar refractivity (Wildman–Crippen MR) is 77.3 cm³/mol. The molecule has 0 saturated carbocycles. The summed E-state index contributed by atoms with van der Waals surface area (Å²) >= 11 is 0. The Morgan fingerprint density at radius 2 is 1.95 bits per heavy atom. The maximum Gasteiger partial charge on any atom is 0.335 e. The molecule has 4 nitrogen and oxygen atoms in total. The van der Waals surface area contributed by atoms with Crippen LogP contribution in [0.5, 0.6) is 0 Å². The van der Waals surface area contributed by atoms with Crippen molar-refractivity contribution < 1.29 is 9.90 Å². The highest BCUT2D eigenvalue weighted by molar-refractivity contribution is 5.90. The van der Waals surface area contributed by atoms with Crippen LogP contribution >= 0.6 is 0 Å². The molecule has 0 atom stereocenters. The van der Waals surface area contributed by atoms with Crippen molar-refractivity contribution in [1.82, 2.24) is 0 Å². The summed E-state index contributed by atoms with van der Waals surface area (Å²) in [5.74, 6) is -0.942. The number of nitrogens with one attached hydrogen (secondary N) is 1. The number of carboxylic acids is 1. The van der Waals surface area contributed by atoms with Crippen LogP contribution in [0, 0.1) is 25.2 Å². The highest BCUT2D eigenvalue weighted by Gasteiger charge is 2.09. The predicted octanol–water partition coefficient (Wildman–Crippen LogP) is 3.62. The maximum absolute atomic E-state index is 11.0. The molecule has 20 heavy (non-hydrogen) atoms. The van der Waals surface area contributed by atoms with E-state index in [-0.39, 0.29) is 5.56 Å². The molecule has 0 amide bonds. The van der Waals surface area contributed by atoms with Crippen molar-refractivity contribution in [2.45, 2.75) is 13.8 Å². The summed E-state index contributed by atoms with van der Waals surface area (Å²) in [5.41, 5.74) is 3.99. The Bertz CT molecular complexity index is 715. The molecule has 0 aromatic heterocycles. The lowest BCUT2D eigenvalue weighted by Gasteiger charge is -2.12. The quantitative estimate of drug-likeness (QED) is 0.889. The maximum atomic E-state index is 11.0. The molecule has 2 aromatic carbocycles. The van der Waals surface area contributed by atoms with E-state index >= 15 is 0 Å². The highest BCUT2D eigenvalue weighted by Crippen LogP contribution is 2.25. The summed E-state index contributed by atoms with van der Waals surface area (Å²) in [5, 5.41) is 21.3. The van der Waals surface area contributed by atoms with Gasteiger partial charge in [-0.3, -0.25) is 0 Å². The molecule has 0 saturated heterocycles. The fraction of sp³-hybridized carbons (Fsp3) is 0.125. The highest BCUT2D eigenvalue weighted by atomic mass is 16.4. The molecule has 2 N–H and O–H groups in total. The van der Waals surface area contributed by atoms with Gasteiger partial charge < -0.3 is 10.4 Å². The number of para-hydroxylation sites is 1. The van der Waals surface area contributed by atoms with Crippen molar-refractivity contribution in [3.63, 3.8) is 0 Å². The average Bonchev–Trinajstić information content (AvgIpc) is 2.40. The van der Waals surface area contributed by atoms with Crippen LogP contribution in [0.2, 0.25) is 0 Å². The van der Waals surface area contributed by atoms with Crippen LogP contribution in [-0.2, 0) is 0 Å². The van der Waals surface area contributed by atoms with Crippen LogP contribution in [0.15, 0.2) is 36.4 Å². The monoisotopic (exact) mass is 266 g/mol. The van der Waals surface area contributed by atoms with Gasteiger partial charge >= 0.3 is 5.97 Å². The van der Waals surface area contributed by atoms with Gasteiger partial charge in [-0.25, -0.2) is 4.79 Å². The zero-order valence-electron chi connectivity index (χ0n) is 11.3. The molecule has 0 heterocycles. The summed E-state index contributed by atoms with van der Waals surface area (Å²) in [4.78, 5) is 11.0. The van der Waals surface area contributed by atoms with Crippen LogP contribution < -0.4 is 5.32 Å². The van der Waals surface area contributed by atoms with Gasteiger partial charge in [-0.05, 0) is 49.2 Å². The fourth-order valence-electron chi connectivity index (χ4n) is 2.05. The van der Waals surface area contributed by atoms with Gasteiger partial charge in [0.15, 0.2) is 0 Å². The SMILES string of the molecule is Cc1cc(Nc2c(C)cccc2C#N)ccc1C(=O)O. The van der Waals surface area contributed by atoms with Crippen molar-refractivity contribution in [3.05, 3.63) is 58.7 Å². The largest absolute Gasteiger partial charge is 0.478 e. The molecule has 2 rings (SSSR count). The zero-order chi connectivity index (χ0) is 14.7. The van der Waals surface area contributed by atoms with E-state index in [4.69, 9.17) is 10.4 Å². The van der Waals surface area contributed by atoms with Gasteiger partial charge in [0.05, 0.1) is 16.8 Å². The average molecular weight is 266 g/mol. The van der Waals surface area contributed by atoms with Gasteiger partial charge in [-0.1, -0.05) is 12.1 Å².